The summed E-state index contributed by atoms with van der Waals surface area (Å²) in [4.78, 5) is 12.8. The molecule has 0 spiro atoms. The van der Waals surface area contributed by atoms with Gasteiger partial charge in [-0.15, -0.1) is 0 Å². The predicted octanol–water partition coefficient (Wildman–Crippen LogP) is 2.36. The second-order valence-corrected chi connectivity index (χ2v) is 3.46. The summed E-state index contributed by atoms with van der Waals surface area (Å²) in [6, 6.07) is 5.34. The highest BCUT2D eigenvalue weighted by atomic mass is 16.4. The van der Waals surface area contributed by atoms with Crippen molar-refractivity contribution in [3.63, 3.8) is 0 Å². The van der Waals surface area contributed by atoms with Crippen molar-refractivity contribution >= 4 is 5.97 Å². The molecule has 3 heteroatoms. The molecule has 0 amide bonds. The lowest BCUT2D eigenvalue weighted by molar-refractivity contribution is 0.0697. The molecule has 0 fully saturated rings. The Kier molecular flexibility index (Phi) is 3.86. The summed E-state index contributed by atoms with van der Waals surface area (Å²) in [6.45, 7) is 5.78. The predicted molar refractivity (Wildman–Crippen MR) is 59.9 cm³/mol. The molecular weight excluding hydrogens is 190 g/mol. The van der Waals surface area contributed by atoms with Crippen molar-refractivity contribution < 1.29 is 9.90 Å². The molecule has 0 atom stereocenters. The Hall–Kier alpha value is -1.35. The van der Waals surface area contributed by atoms with E-state index in [0.717, 1.165) is 18.7 Å². The standard InChI is InChI=1S/C10H11NO2.C2H6/c1-11-5-8-3-2-7(10(12)13)4-9(8)6-11;1-2/h2-4H,5-6H2,1H3,(H,12,13);1-2H3. The lowest BCUT2D eigenvalue weighted by atomic mass is 10.1. The van der Waals surface area contributed by atoms with Gasteiger partial charge in [0.15, 0.2) is 0 Å². The van der Waals surface area contributed by atoms with Gasteiger partial charge in [-0.2, -0.15) is 0 Å². The molecule has 1 aliphatic rings. The molecule has 0 saturated heterocycles. The van der Waals surface area contributed by atoms with Crippen LogP contribution >= 0.6 is 0 Å². The number of rotatable bonds is 1. The number of carboxylic acids is 1. The molecule has 2 rings (SSSR count). The average Bonchev–Trinajstić information content (AvgIpc) is 2.59. The fourth-order valence-electron chi connectivity index (χ4n) is 1.70. The van der Waals surface area contributed by atoms with E-state index in [2.05, 4.69) is 4.90 Å². The molecule has 3 nitrogen and oxygen atoms in total. The number of fused-ring (bicyclic) bond motifs is 1. The van der Waals surface area contributed by atoms with Crippen molar-refractivity contribution in [1.29, 1.82) is 0 Å². The third kappa shape index (κ3) is 2.57. The van der Waals surface area contributed by atoms with Crippen molar-refractivity contribution in [1.82, 2.24) is 4.90 Å². The summed E-state index contributed by atoms with van der Waals surface area (Å²) in [5, 5.41) is 8.77. The van der Waals surface area contributed by atoms with Crippen LogP contribution in [0.3, 0.4) is 0 Å². The molecule has 0 saturated carbocycles. The minimum atomic E-state index is -0.850. The van der Waals surface area contributed by atoms with Gasteiger partial charge in [0.1, 0.15) is 0 Å². The van der Waals surface area contributed by atoms with Gasteiger partial charge in [-0.25, -0.2) is 4.79 Å². The Morgan fingerprint density at radius 1 is 1.27 bits per heavy atom. The van der Waals surface area contributed by atoms with Crippen LogP contribution in [0.4, 0.5) is 0 Å². The average molecular weight is 207 g/mol. The van der Waals surface area contributed by atoms with Gasteiger partial charge in [0.05, 0.1) is 5.56 Å². The molecule has 0 aliphatic carbocycles. The number of nitrogens with zero attached hydrogens (tertiary/aromatic N) is 1. The first-order valence-corrected chi connectivity index (χ1v) is 5.20. The van der Waals surface area contributed by atoms with E-state index in [1.54, 1.807) is 12.1 Å². The molecule has 1 N–H and O–H groups in total. The Morgan fingerprint density at radius 3 is 2.47 bits per heavy atom. The van der Waals surface area contributed by atoms with Gasteiger partial charge in [-0.1, -0.05) is 19.9 Å². The van der Waals surface area contributed by atoms with Crippen LogP contribution in [-0.4, -0.2) is 23.0 Å². The highest BCUT2D eigenvalue weighted by Gasteiger charge is 2.16. The molecule has 15 heavy (non-hydrogen) atoms. The Morgan fingerprint density at radius 2 is 1.87 bits per heavy atom. The van der Waals surface area contributed by atoms with Gasteiger partial charge in [0.25, 0.3) is 0 Å². The molecule has 0 bridgehead atoms. The number of hydrogen-bond acceptors (Lipinski definition) is 2. The first-order chi connectivity index (χ1) is 7.16. The first-order valence-electron chi connectivity index (χ1n) is 5.20. The third-order valence-corrected chi connectivity index (χ3v) is 2.33. The second kappa shape index (κ2) is 4.94. The van der Waals surface area contributed by atoms with Crippen LogP contribution in [0.25, 0.3) is 0 Å². The normalized spacial score (nSPS) is 14.1. The fourth-order valence-corrected chi connectivity index (χ4v) is 1.70. The minimum absolute atomic E-state index is 0.383. The minimum Gasteiger partial charge on any atom is -0.478 e. The molecule has 0 aromatic heterocycles. The van der Waals surface area contributed by atoms with Gasteiger partial charge >= 0.3 is 5.97 Å². The van der Waals surface area contributed by atoms with Crippen LogP contribution in [0.1, 0.15) is 35.3 Å². The molecule has 0 radical (unpaired) electrons. The smallest absolute Gasteiger partial charge is 0.335 e. The largest absolute Gasteiger partial charge is 0.478 e. The van der Waals surface area contributed by atoms with E-state index in [1.165, 1.54) is 5.56 Å². The van der Waals surface area contributed by atoms with E-state index >= 15 is 0 Å². The lowest BCUT2D eigenvalue weighted by Gasteiger charge is -2.02. The summed E-state index contributed by atoms with van der Waals surface area (Å²) < 4.78 is 0. The van der Waals surface area contributed by atoms with Crippen molar-refractivity contribution in [2.75, 3.05) is 7.05 Å². The SMILES string of the molecule is CC.CN1Cc2ccc(C(=O)O)cc2C1. The topological polar surface area (TPSA) is 40.5 Å². The van der Waals surface area contributed by atoms with E-state index in [9.17, 15) is 4.79 Å². The van der Waals surface area contributed by atoms with E-state index < -0.39 is 5.97 Å². The number of aromatic carboxylic acids is 1. The summed E-state index contributed by atoms with van der Waals surface area (Å²) in [7, 11) is 2.03. The number of hydrogen-bond donors (Lipinski definition) is 1. The van der Waals surface area contributed by atoms with Crippen LogP contribution in [0.2, 0.25) is 0 Å². The zero-order valence-corrected chi connectivity index (χ0v) is 9.45. The zero-order chi connectivity index (χ0) is 11.4. The molecular formula is C12H17NO2. The molecule has 1 aromatic carbocycles. The summed E-state index contributed by atoms with van der Waals surface area (Å²) in [5.74, 6) is -0.850. The van der Waals surface area contributed by atoms with Crippen LogP contribution in [0.5, 0.6) is 0 Å². The zero-order valence-electron chi connectivity index (χ0n) is 9.45. The van der Waals surface area contributed by atoms with Crippen LogP contribution in [0.15, 0.2) is 18.2 Å². The van der Waals surface area contributed by atoms with Crippen molar-refractivity contribution in [3.05, 3.63) is 34.9 Å². The Balaban J connectivity index is 0.000000531. The number of carbonyl (C=O) groups is 1. The summed E-state index contributed by atoms with van der Waals surface area (Å²) >= 11 is 0. The number of benzene rings is 1. The highest BCUT2D eigenvalue weighted by Crippen LogP contribution is 2.22. The fraction of sp³-hybridized carbons (Fsp3) is 0.417. The third-order valence-electron chi connectivity index (χ3n) is 2.33. The Bertz CT molecular complexity index is 361. The first kappa shape index (κ1) is 11.7. The Labute approximate surface area is 90.3 Å². The van der Waals surface area contributed by atoms with E-state index in [-0.39, 0.29) is 0 Å². The van der Waals surface area contributed by atoms with Crippen LogP contribution < -0.4 is 0 Å². The monoisotopic (exact) mass is 207 g/mol. The van der Waals surface area contributed by atoms with Gasteiger partial charge in [-0.3, -0.25) is 4.90 Å². The van der Waals surface area contributed by atoms with Crippen molar-refractivity contribution in [3.8, 4) is 0 Å². The lowest BCUT2D eigenvalue weighted by Crippen LogP contribution is -2.07. The number of carboxylic acid groups (broad SMARTS) is 1. The summed E-state index contributed by atoms with van der Waals surface area (Å²) in [5.41, 5.74) is 2.77. The van der Waals surface area contributed by atoms with E-state index in [0.29, 0.717) is 5.56 Å². The maximum atomic E-state index is 10.7. The van der Waals surface area contributed by atoms with E-state index in [1.807, 2.05) is 27.0 Å². The molecule has 1 heterocycles. The quantitative estimate of drug-likeness (QED) is 0.768. The maximum absolute atomic E-state index is 10.7. The van der Waals surface area contributed by atoms with Crippen LogP contribution in [-0.2, 0) is 13.1 Å². The van der Waals surface area contributed by atoms with Crippen molar-refractivity contribution in [2.45, 2.75) is 26.9 Å². The molecule has 1 aliphatic heterocycles. The highest BCUT2D eigenvalue weighted by molar-refractivity contribution is 5.87. The van der Waals surface area contributed by atoms with Crippen molar-refractivity contribution in [2.24, 2.45) is 0 Å². The molecule has 82 valence electrons. The van der Waals surface area contributed by atoms with Gasteiger partial charge in [0, 0.05) is 13.1 Å². The van der Waals surface area contributed by atoms with Crippen LogP contribution in [0, 0.1) is 0 Å². The van der Waals surface area contributed by atoms with Gasteiger partial charge in [0.2, 0.25) is 0 Å². The van der Waals surface area contributed by atoms with Gasteiger partial charge in [-0.05, 0) is 30.3 Å². The molecule has 1 aromatic rings. The second-order valence-electron chi connectivity index (χ2n) is 3.46. The maximum Gasteiger partial charge on any atom is 0.335 e. The van der Waals surface area contributed by atoms with E-state index in [4.69, 9.17) is 5.11 Å². The van der Waals surface area contributed by atoms with Gasteiger partial charge < -0.3 is 5.11 Å². The summed E-state index contributed by atoms with van der Waals surface area (Å²) in [6.07, 6.45) is 0. The molecule has 0 unspecified atom stereocenters.